The first-order chi connectivity index (χ1) is 9.02. The number of methoxy groups -OCH3 is 1. The number of urea groups is 1. The van der Waals surface area contributed by atoms with Gasteiger partial charge >= 0.3 is 18.0 Å². The minimum absolute atomic E-state index is 0.0592. The van der Waals surface area contributed by atoms with Crippen molar-refractivity contribution in [1.29, 1.82) is 0 Å². The number of esters is 1. The van der Waals surface area contributed by atoms with Crippen LogP contribution in [0, 0.1) is 0 Å². The van der Waals surface area contributed by atoms with Crippen molar-refractivity contribution in [3.63, 3.8) is 0 Å². The highest BCUT2D eigenvalue weighted by Crippen LogP contribution is 2.09. The molecule has 1 aromatic rings. The first kappa shape index (κ1) is 14.8. The molecule has 0 aliphatic rings. The van der Waals surface area contributed by atoms with E-state index in [4.69, 9.17) is 5.11 Å². The number of hydrogen-bond donors (Lipinski definition) is 3. The second-order valence-corrected chi connectivity index (χ2v) is 4.17. The van der Waals surface area contributed by atoms with E-state index in [1.807, 2.05) is 0 Å². The molecular weight excluding hydrogens is 276 g/mol. The highest BCUT2D eigenvalue weighted by Gasteiger charge is 2.21. The molecule has 0 bridgehead atoms. The summed E-state index contributed by atoms with van der Waals surface area (Å²) in [5.74, 6) is -1.78. The summed E-state index contributed by atoms with van der Waals surface area (Å²) in [4.78, 5) is 33.3. The summed E-state index contributed by atoms with van der Waals surface area (Å²) in [7, 11) is 1.20. The number of amides is 2. The quantitative estimate of drug-likeness (QED) is 0.631. The van der Waals surface area contributed by atoms with Crippen LogP contribution in [0.3, 0.4) is 0 Å². The Balaban J connectivity index is 2.46. The number of aliphatic carboxylic acids is 1. The van der Waals surface area contributed by atoms with Crippen LogP contribution in [0.5, 0.6) is 0 Å². The minimum atomic E-state index is -1.23. The molecule has 1 atom stereocenters. The standard InChI is InChI=1S/C9H12N4O5S/c1-18-7(14)3-2-5(8(15)16)11-9(17)12-6-4-10-13-19-6/h4-5H,2-3H2,1H3,(H,15,16)(H2,11,12,17)/t5-/m1/s1. The number of ether oxygens (including phenoxy) is 1. The predicted molar refractivity (Wildman–Crippen MR) is 64.7 cm³/mol. The number of aromatic nitrogens is 2. The third kappa shape index (κ3) is 5.29. The van der Waals surface area contributed by atoms with E-state index in [0.717, 1.165) is 11.5 Å². The summed E-state index contributed by atoms with van der Waals surface area (Å²) in [5, 5.41) is 17.4. The SMILES string of the molecule is COC(=O)CC[C@@H](NC(=O)Nc1cnns1)C(=O)O. The second kappa shape index (κ2) is 7.26. The fourth-order valence-corrected chi connectivity index (χ4v) is 1.56. The van der Waals surface area contributed by atoms with E-state index in [-0.39, 0.29) is 12.8 Å². The Kier molecular flexibility index (Phi) is 5.67. The number of carboxylic acid groups (broad SMARTS) is 1. The fourth-order valence-electron chi connectivity index (χ4n) is 1.15. The van der Waals surface area contributed by atoms with Gasteiger partial charge in [0.2, 0.25) is 0 Å². The zero-order valence-corrected chi connectivity index (χ0v) is 10.8. The number of anilines is 1. The van der Waals surface area contributed by atoms with Crippen molar-refractivity contribution in [3.8, 4) is 0 Å². The van der Waals surface area contributed by atoms with Crippen LogP contribution >= 0.6 is 11.5 Å². The Labute approximate surface area is 112 Å². The highest BCUT2D eigenvalue weighted by atomic mass is 32.1. The molecule has 104 valence electrons. The van der Waals surface area contributed by atoms with E-state index in [1.54, 1.807) is 0 Å². The summed E-state index contributed by atoms with van der Waals surface area (Å²) < 4.78 is 7.93. The molecule has 9 nitrogen and oxygen atoms in total. The Morgan fingerprint density at radius 1 is 1.53 bits per heavy atom. The van der Waals surface area contributed by atoms with Gasteiger partial charge in [-0.1, -0.05) is 4.49 Å². The van der Waals surface area contributed by atoms with Crippen LogP contribution in [0.25, 0.3) is 0 Å². The van der Waals surface area contributed by atoms with Crippen molar-refractivity contribution in [2.24, 2.45) is 0 Å². The monoisotopic (exact) mass is 288 g/mol. The zero-order valence-electron chi connectivity index (χ0n) is 9.95. The van der Waals surface area contributed by atoms with Gasteiger partial charge in [0.25, 0.3) is 0 Å². The van der Waals surface area contributed by atoms with Gasteiger partial charge in [-0.25, -0.2) is 9.59 Å². The predicted octanol–water partition coefficient (Wildman–Crippen LogP) is 0.0660. The van der Waals surface area contributed by atoms with E-state index < -0.39 is 24.0 Å². The van der Waals surface area contributed by atoms with Gasteiger partial charge in [0.1, 0.15) is 11.0 Å². The Morgan fingerprint density at radius 2 is 2.26 bits per heavy atom. The number of carboxylic acids is 1. The molecule has 0 aliphatic carbocycles. The molecule has 0 aromatic carbocycles. The molecule has 0 aliphatic heterocycles. The van der Waals surface area contributed by atoms with Gasteiger partial charge in [0.15, 0.2) is 0 Å². The topological polar surface area (TPSA) is 131 Å². The van der Waals surface area contributed by atoms with Crippen molar-refractivity contribution < 1.29 is 24.2 Å². The second-order valence-electron chi connectivity index (χ2n) is 3.39. The summed E-state index contributed by atoms with van der Waals surface area (Å²) in [5.41, 5.74) is 0. The lowest BCUT2D eigenvalue weighted by atomic mass is 10.1. The Morgan fingerprint density at radius 3 is 2.79 bits per heavy atom. The molecule has 0 spiro atoms. The van der Waals surface area contributed by atoms with Crippen LogP contribution in [-0.2, 0) is 14.3 Å². The van der Waals surface area contributed by atoms with Gasteiger partial charge in [0.05, 0.1) is 13.3 Å². The number of carbonyl (C=O) groups is 3. The maximum absolute atomic E-state index is 11.5. The lowest BCUT2D eigenvalue weighted by Crippen LogP contribution is -2.43. The van der Waals surface area contributed by atoms with Crippen LogP contribution in [0.2, 0.25) is 0 Å². The molecule has 1 heterocycles. The first-order valence-electron chi connectivity index (χ1n) is 5.17. The molecule has 1 rings (SSSR count). The van der Waals surface area contributed by atoms with Crippen molar-refractivity contribution in [2.75, 3.05) is 12.4 Å². The fraction of sp³-hybridized carbons (Fsp3) is 0.444. The summed E-state index contributed by atoms with van der Waals surface area (Å²) >= 11 is 0.954. The molecule has 0 saturated carbocycles. The number of hydrogen-bond acceptors (Lipinski definition) is 7. The van der Waals surface area contributed by atoms with Crippen molar-refractivity contribution in [2.45, 2.75) is 18.9 Å². The van der Waals surface area contributed by atoms with Crippen molar-refractivity contribution in [3.05, 3.63) is 6.20 Å². The van der Waals surface area contributed by atoms with E-state index in [2.05, 4.69) is 25.0 Å². The van der Waals surface area contributed by atoms with Crippen LogP contribution < -0.4 is 10.6 Å². The van der Waals surface area contributed by atoms with Crippen LogP contribution in [0.1, 0.15) is 12.8 Å². The third-order valence-corrected chi connectivity index (χ3v) is 2.65. The molecule has 0 radical (unpaired) electrons. The zero-order chi connectivity index (χ0) is 14.3. The highest BCUT2D eigenvalue weighted by molar-refractivity contribution is 7.10. The van der Waals surface area contributed by atoms with Crippen LogP contribution in [0.4, 0.5) is 9.80 Å². The summed E-state index contributed by atoms with van der Waals surface area (Å²) in [6.07, 6.45) is 1.17. The van der Waals surface area contributed by atoms with E-state index in [0.29, 0.717) is 5.00 Å². The molecule has 0 unspecified atom stereocenters. The molecule has 10 heteroatoms. The van der Waals surface area contributed by atoms with E-state index in [9.17, 15) is 14.4 Å². The summed E-state index contributed by atoms with van der Waals surface area (Å²) in [6.45, 7) is 0. The summed E-state index contributed by atoms with van der Waals surface area (Å²) in [6, 6.07) is -1.89. The van der Waals surface area contributed by atoms with Gasteiger partial charge < -0.3 is 15.2 Å². The number of carbonyl (C=O) groups excluding carboxylic acids is 2. The molecule has 2 amide bonds. The third-order valence-electron chi connectivity index (χ3n) is 2.07. The van der Waals surface area contributed by atoms with Gasteiger partial charge in [0, 0.05) is 18.0 Å². The van der Waals surface area contributed by atoms with E-state index in [1.165, 1.54) is 13.3 Å². The maximum atomic E-state index is 11.5. The molecule has 0 saturated heterocycles. The van der Waals surface area contributed by atoms with Gasteiger partial charge in [-0.2, -0.15) is 0 Å². The smallest absolute Gasteiger partial charge is 0.326 e. The normalized spacial score (nSPS) is 11.4. The van der Waals surface area contributed by atoms with Gasteiger partial charge in [-0.15, -0.1) is 5.10 Å². The Hall–Kier alpha value is -2.23. The molecule has 0 fully saturated rings. The number of nitrogens with one attached hydrogen (secondary N) is 2. The molecule has 19 heavy (non-hydrogen) atoms. The van der Waals surface area contributed by atoms with Crippen molar-refractivity contribution >= 4 is 34.5 Å². The molecule has 1 aromatic heterocycles. The first-order valence-corrected chi connectivity index (χ1v) is 5.94. The van der Waals surface area contributed by atoms with Crippen molar-refractivity contribution in [1.82, 2.24) is 14.9 Å². The lowest BCUT2D eigenvalue weighted by Gasteiger charge is -2.13. The molecular formula is C9H12N4O5S. The van der Waals surface area contributed by atoms with Gasteiger partial charge in [-0.3, -0.25) is 10.1 Å². The Bertz CT molecular complexity index is 449. The largest absolute Gasteiger partial charge is 0.480 e. The number of nitrogens with zero attached hydrogens (tertiary/aromatic N) is 2. The van der Waals surface area contributed by atoms with Gasteiger partial charge in [-0.05, 0) is 6.42 Å². The van der Waals surface area contributed by atoms with E-state index >= 15 is 0 Å². The number of rotatable bonds is 6. The maximum Gasteiger partial charge on any atom is 0.326 e. The lowest BCUT2D eigenvalue weighted by molar-refractivity contribution is -0.142. The average molecular weight is 288 g/mol. The average Bonchev–Trinajstić information content (AvgIpc) is 2.86. The molecule has 3 N–H and O–H groups in total. The van der Waals surface area contributed by atoms with Crippen LogP contribution in [-0.4, -0.2) is 45.8 Å². The minimum Gasteiger partial charge on any atom is -0.480 e. The van der Waals surface area contributed by atoms with Crippen LogP contribution in [0.15, 0.2) is 6.20 Å².